The van der Waals surface area contributed by atoms with Crippen molar-refractivity contribution in [1.82, 2.24) is 20.2 Å². The molecular weight excluding hydrogens is 340 g/mol. The summed E-state index contributed by atoms with van der Waals surface area (Å²) < 4.78 is 5.74. The van der Waals surface area contributed by atoms with Crippen molar-refractivity contribution in [2.75, 3.05) is 19.6 Å². The molecule has 0 radical (unpaired) electrons. The number of nitrogens with one attached hydrogen (secondary N) is 1. The minimum absolute atomic E-state index is 0.0166. The van der Waals surface area contributed by atoms with Crippen molar-refractivity contribution in [2.24, 2.45) is 0 Å². The van der Waals surface area contributed by atoms with Crippen molar-refractivity contribution in [3.8, 4) is 6.01 Å². The molecule has 0 atom stereocenters. The Hall–Kier alpha value is -2.34. The Kier molecular flexibility index (Phi) is 6.06. The topological polar surface area (TPSA) is 67.4 Å². The molecule has 1 aliphatic heterocycles. The number of nitrogens with zero attached hydrogens (tertiary/aromatic N) is 3. The lowest BCUT2D eigenvalue weighted by Gasteiger charge is -2.31. The second-order valence-corrected chi connectivity index (χ2v) is 6.39. The van der Waals surface area contributed by atoms with E-state index in [9.17, 15) is 4.79 Å². The Balaban J connectivity index is 1.38. The van der Waals surface area contributed by atoms with Gasteiger partial charge < -0.3 is 15.0 Å². The molecule has 0 saturated carbocycles. The van der Waals surface area contributed by atoms with E-state index in [-0.39, 0.29) is 12.1 Å². The number of amides is 2. The number of likely N-dealkylation sites (tertiary alicyclic amines) is 1. The molecule has 2 amide bonds. The number of aromatic nitrogens is 2. The van der Waals surface area contributed by atoms with Gasteiger partial charge in [0.1, 0.15) is 6.10 Å². The molecule has 1 saturated heterocycles. The van der Waals surface area contributed by atoms with Crippen molar-refractivity contribution in [2.45, 2.75) is 25.4 Å². The largest absolute Gasteiger partial charge is 0.460 e. The molecule has 2 aromatic rings. The number of carbonyl (C=O) groups excluding carboxylic acids is 1. The van der Waals surface area contributed by atoms with E-state index in [1.165, 1.54) is 18.0 Å². The third-order valence-corrected chi connectivity index (χ3v) is 4.33. The highest BCUT2D eigenvalue weighted by Gasteiger charge is 2.24. The first-order valence-corrected chi connectivity index (χ1v) is 8.79. The second kappa shape index (κ2) is 8.67. The fourth-order valence-electron chi connectivity index (χ4n) is 2.76. The first-order valence-electron chi connectivity index (χ1n) is 8.41. The van der Waals surface area contributed by atoms with E-state index in [1.807, 2.05) is 23.1 Å². The van der Waals surface area contributed by atoms with Crippen molar-refractivity contribution in [3.05, 3.63) is 53.3 Å². The van der Waals surface area contributed by atoms with Gasteiger partial charge >= 0.3 is 12.0 Å². The SMILES string of the molecule is O=C(NCCc1ccccc1)N1CCC(Oc2ncc(Cl)cn2)CC1. The van der Waals surface area contributed by atoms with Gasteiger partial charge in [0.25, 0.3) is 0 Å². The van der Waals surface area contributed by atoms with Crippen LogP contribution < -0.4 is 10.1 Å². The Morgan fingerprint density at radius 3 is 2.56 bits per heavy atom. The number of carbonyl (C=O) groups is 1. The average molecular weight is 361 g/mol. The van der Waals surface area contributed by atoms with E-state index in [0.29, 0.717) is 30.7 Å². The summed E-state index contributed by atoms with van der Waals surface area (Å²) in [5.74, 6) is 0. The highest BCUT2D eigenvalue weighted by atomic mass is 35.5. The molecule has 132 valence electrons. The maximum Gasteiger partial charge on any atom is 0.317 e. The van der Waals surface area contributed by atoms with E-state index < -0.39 is 0 Å². The van der Waals surface area contributed by atoms with E-state index in [4.69, 9.17) is 16.3 Å². The van der Waals surface area contributed by atoms with E-state index in [0.717, 1.165) is 19.3 Å². The van der Waals surface area contributed by atoms with Crippen molar-refractivity contribution in [1.29, 1.82) is 0 Å². The second-order valence-electron chi connectivity index (χ2n) is 5.96. The normalized spacial score (nSPS) is 15.0. The molecule has 2 heterocycles. The Labute approximate surface area is 152 Å². The smallest absolute Gasteiger partial charge is 0.317 e. The van der Waals surface area contributed by atoms with Gasteiger partial charge in [-0.1, -0.05) is 41.9 Å². The zero-order valence-corrected chi connectivity index (χ0v) is 14.7. The Morgan fingerprint density at radius 1 is 1.20 bits per heavy atom. The predicted molar refractivity (Wildman–Crippen MR) is 95.8 cm³/mol. The Morgan fingerprint density at radius 2 is 1.88 bits per heavy atom. The third-order valence-electron chi connectivity index (χ3n) is 4.13. The van der Waals surface area contributed by atoms with E-state index in [2.05, 4.69) is 27.4 Å². The van der Waals surface area contributed by atoms with Crippen molar-refractivity contribution in [3.63, 3.8) is 0 Å². The van der Waals surface area contributed by atoms with Gasteiger partial charge in [-0.25, -0.2) is 14.8 Å². The minimum Gasteiger partial charge on any atom is -0.460 e. The van der Waals surface area contributed by atoms with Gasteiger partial charge in [0, 0.05) is 32.5 Å². The Bertz CT molecular complexity index is 673. The number of hydrogen-bond donors (Lipinski definition) is 1. The number of halogens is 1. The van der Waals surface area contributed by atoms with Crippen LogP contribution in [0.25, 0.3) is 0 Å². The highest BCUT2D eigenvalue weighted by molar-refractivity contribution is 6.30. The molecule has 1 fully saturated rings. The highest BCUT2D eigenvalue weighted by Crippen LogP contribution is 2.16. The van der Waals surface area contributed by atoms with Crippen LogP contribution in [-0.4, -0.2) is 46.6 Å². The summed E-state index contributed by atoms with van der Waals surface area (Å²) in [5, 5.41) is 3.46. The standard InChI is InChI=1S/C18H21ClN4O2/c19-15-12-21-17(22-13-15)25-16-7-10-23(11-8-16)18(24)20-9-6-14-4-2-1-3-5-14/h1-5,12-13,16H,6-11H2,(H,20,24). The number of rotatable bonds is 5. The maximum atomic E-state index is 12.2. The molecule has 1 aromatic carbocycles. The number of ether oxygens (including phenoxy) is 1. The number of urea groups is 1. The van der Waals surface area contributed by atoms with Gasteiger partial charge in [0.2, 0.25) is 0 Å². The summed E-state index contributed by atoms with van der Waals surface area (Å²) in [6.07, 6.45) is 5.41. The van der Waals surface area contributed by atoms with Gasteiger partial charge in [-0.05, 0) is 12.0 Å². The summed E-state index contributed by atoms with van der Waals surface area (Å²) >= 11 is 5.76. The molecule has 1 aromatic heterocycles. The van der Waals surface area contributed by atoms with Gasteiger partial charge in [0.05, 0.1) is 17.4 Å². The quantitative estimate of drug-likeness (QED) is 0.890. The summed E-state index contributed by atoms with van der Waals surface area (Å²) in [5.41, 5.74) is 1.22. The number of piperidine rings is 1. The first kappa shape index (κ1) is 17.5. The molecule has 0 aliphatic carbocycles. The first-order chi connectivity index (χ1) is 12.2. The lowest BCUT2D eigenvalue weighted by molar-refractivity contribution is 0.103. The van der Waals surface area contributed by atoms with Gasteiger partial charge in [0.15, 0.2) is 0 Å². The molecule has 0 spiro atoms. The zero-order valence-electron chi connectivity index (χ0n) is 13.9. The lowest BCUT2D eigenvalue weighted by atomic mass is 10.1. The fraction of sp³-hybridized carbons (Fsp3) is 0.389. The van der Waals surface area contributed by atoms with Gasteiger partial charge in [-0.15, -0.1) is 0 Å². The van der Waals surface area contributed by atoms with Crippen LogP contribution >= 0.6 is 11.6 Å². The third kappa shape index (κ3) is 5.32. The number of hydrogen-bond acceptors (Lipinski definition) is 4. The molecular formula is C18H21ClN4O2. The molecule has 7 heteroatoms. The van der Waals surface area contributed by atoms with Crippen LogP contribution in [0.5, 0.6) is 6.01 Å². The average Bonchev–Trinajstić information content (AvgIpc) is 2.65. The maximum absolute atomic E-state index is 12.2. The summed E-state index contributed by atoms with van der Waals surface area (Å²) in [6, 6.07) is 10.4. The van der Waals surface area contributed by atoms with Crippen molar-refractivity contribution < 1.29 is 9.53 Å². The molecule has 0 bridgehead atoms. The van der Waals surface area contributed by atoms with Gasteiger partial charge in [-0.3, -0.25) is 0 Å². The number of benzene rings is 1. The summed E-state index contributed by atoms with van der Waals surface area (Å²) in [7, 11) is 0. The lowest BCUT2D eigenvalue weighted by Crippen LogP contribution is -2.47. The van der Waals surface area contributed by atoms with Crippen LogP contribution in [0.3, 0.4) is 0 Å². The molecule has 0 unspecified atom stereocenters. The molecule has 3 rings (SSSR count). The fourth-order valence-corrected chi connectivity index (χ4v) is 2.85. The minimum atomic E-state index is -0.0166. The van der Waals surface area contributed by atoms with E-state index in [1.54, 1.807) is 0 Å². The van der Waals surface area contributed by atoms with Gasteiger partial charge in [-0.2, -0.15) is 0 Å². The molecule has 1 aliphatic rings. The zero-order chi connectivity index (χ0) is 17.5. The van der Waals surface area contributed by atoms with Crippen molar-refractivity contribution >= 4 is 17.6 Å². The summed E-state index contributed by atoms with van der Waals surface area (Å²) in [6.45, 7) is 1.96. The van der Waals surface area contributed by atoms with Crippen LogP contribution in [-0.2, 0) is 6.42 Å². The monoisotopic (exact) mass is 360 g/mol. The van der Waals surface area contributed by atoms with E-state index >= 15 is 0 Å². The summed E-state index contributed by atoms with van der Waals surface area (Å²) in [4.78, 5) is 22.1. The van der Waals surface area contributed by atoms with Crippen LogP contribution in [0.2, 0.25) is 5.02 Å². The van der Waals surface area contributed by atoms with Crippen LogP contribution in [0, 0.1) is 0 Å². The molecule has 6 nitrogen and oxygen atoms in total. The predicted octanol–water partition coefficient (Wildman–Crippen LogP) is 2.93. The molecule has 1 N–H and O–H groups in total. The van der Waals surface area contributed by atoms with Crippen LogP contribution in [0.4, 0.5) is 4.79 Å². The molecule has 25 heavy (non-hydrogen) atoms. The van der Waals surface area contributed by atoms with Crippen LogP contribution in [0.1, 0.15) is 18.4 Å². The van der Waals surface area contributed by atoms with Crippen LogP contribution in [0.15, 0.2) is 42.7 Å².